The molecule has 29 heavy (non-hydrogen) atoms. The van der Waals surface area contributed by atoms with Crippen molar-refractivity contribution in [1.82, 2.24) is 14.4 Å². The molecular weight excluding hydrogens is 368 g/mol. The van der Waals surface area contributed by atoms with Crippen molar-refractivity contribution in [2.24, 2.45) is 5.92 Å². The van der Waals surface area contributed by atoms with Crippen LogP contribution in [0.4, 0.5) is 0 Å². The van der Waals surface area contributed by atoms with Gasteiger partial charge in [0.25, 0.3) is 5.91 Å². The summed E-state index contributed by atoms with van der Waals surface area (Å²) in [6, 6.07) is 4.01. The lowest BCUT2D eigenvalue weighted by Gasteiger charge is -2.28. The Hall–Kier alpha value is -2.59. The Balaban J connectivity index is 2.12. The third-order valence-electron chi connectivity index (χ3n) is 5.28. The monoisotopic (exact) mass is 400 g/mol. The number of carbonyl (C=O) groups is 2. The van der Waals surface area contributed by atoms with Gasteiger partial charge in [0.2, 0.25) is 5.91 Å². The van der Waals surface area contributed by atoms with E-state index >= 15 is 0 Å². The number of hydrogen-bond acceptors (Lipinski definition) is 4. The zero-order chi connectivity index (χ0) is 21.6. The largest absolute Gasteiger partial charge is 0.378 e. The van der Waals surface area contributed by atoms with Crippen molar-refractivity contribution in [1.29, 1.82) is 5.26 Å². The maximum atomic E-state index is 12.7. The molecule has 0 aliphatic carbocycles. The number of hydrogen-bond donors (Lipinski definition) is 0. The molecule has 2 heterocycles. The van der Waals surface area contributed by atoms with Gasteiger partial charge in [-0.1, -0.05) is 13.8 Å². The molecule has 1 aliphatic heterocycles. The average molecular weight is 401 g/mol. The fraction of sp³-hybridized carbons (Fsp3) is 0.591. The van der Waals surface area contributed by atoms with Gasteiger partial charge in [-0.15, -0.1) is 0 Å². The highest BCUT2D eigenvalue weighted by molar-refractivity contribution is 6.03. The summed E-state index contributed by atoms with van der Waals surface area (Å²) in [7, 11) is 1.55. The second-order valence-corrected chi connectivity index (χ2v) is 7.98. The molecule has 158 valence electrons. The van der Waals surface area contributed by atoms with E-state index in [2.05, 4.69) is 18.4 Å². The Labute approximate surface area is 173 Å². The van der Waals surface area contributed by atoms with Crippen LogP contribution in [-0.4, -0.2) is 66.1 Å². The van der Waals surface area contributed by atoms with Gasteiger partial charge in [0, 0.05) is 38.1 Å². The number of nitriles is 1. The maximum Gasteiger partial charge on any atom is 0.264 e. The number of rotatable bonds is 7. The van der Waals surface area contributed by atoms with Crippen LogP contribution < -0.4 is 0 Å². The Morgan fingerprint density at radius 1 is 1.31 bits per heavy atom. The lowest BCUT2D eigenvalue weighted by Crippen LogP contribution is -2.46. The van der Waals surface area contributed by atoms with Crippen LogP contribution in [0, 0.1) is 31.1 Å². The number of aryl methyl sites for hydroxylation is 1. The number of nitrogens with zero attached hydrogens (tertiary/aromatic N) is 4. The minimum Gasteiger partial charge on any atom is -0.378 e. The van der Waals surface area contributed by atoms with Crippen LogP contribution in [0.1, 0.15) is 37.2 Å². The van der Waals surface area contributed by atoms with E-state index in [1.165, 1.54) is 4.90 Å². The topological polar surface area (TPSA) is 78.6 Å². The zero-order valence-corrected chi connectivity index (χ0v) is 18.2. The number of morpholine rings is 1. The SMILES string of the molecule is Cc1cc(/C=C(/C#N)C(=O)N(C)CC(=O)N2CCOCC2)c(C)n1CCC(C)C. The normalized spacial score (nSPS) is 14.8. The van der Waals surface area contributed by atoms with E-state index in [9.17, 15) is 14.9 Å². The number of aromatic nitrogens is 1. The van der Waals surface area contributed by atoms with Gasteiger partial charge in [-0.2, -0.15) is 5.26 Å². The molecule has 1 aromatic heterocycles. The summed E-state index contributed by atoms with van der Waals surface area (Å²) in [5.74, 6) is 0.0264. The predicted octanol–water partition coefficient (Wildman–Crippen LogP) is 2.38. The standard InChI is InChI=1S/C22H32N4O3/c1-16(2)6-7-26-17(3)12-19(18(26)4)13-20(14-23)22(28)24(5)15-21(27)25-8-10-29-11-9-25/h12-13,16H,6-11,15H2,1-5H3/b20-13-. The van der Waals surface area contributed by atoms with Gasteiger partial charge >= 0.3 is 0 Å². The summed E-state index contributed by atoms with van der Waals surface area (Å²) in [5, 5.41) is 9.55. The molecule has 1 fully saturated rings. The van der Waals surface area contributed by atoms with Crippen LogP contribution in [0.5, 0.6) is 0 Å². The fourth-order valence-electron chi connectivity index (χ4n) is 3.40. The van der Waals surface area contributed by atoms with Crippen molar-refractivity contribution in [3.8, 4) is 6.07 Å². The van der Waals surface area contributed by atoms with E-state index in [4.69, 9.17) is 4.74 Å². The molecule has 0 unspecified atom stereocenters. The number of carbonyl (C=O) groups excluding carboxylic acids is 2. The van der Waals surface area contributed by atoms with Crippen LogP contribution in [0.3, 0.4) is 0 Å². The molecule has 0 saturated carbocycles. The van der Waals surface area contributed by atoms with E-state index < -0.39 is 5.91 Å². The van der Waals surface area contributed by atoms with Crippen molar-refractivity contribution in [2.45, 2.75) is 40.7 Å². The van der Waals surface area contributed by atoms with Gasteiger partial charge in [0.1, 0.15) is 11.6 Å². The van der Waals surface area contributed by atoms with Gasteiger partial charge in [0.15, 0.2) is 0 Å². The molecule has 0 bridgehead atoms. The second kappa shape index (κ2) is 10.3. The van der Waals surface area contributed by atoms with Crippen LogP contribution in [-0.2, 0) is 20.9 Å². The molecule has 1 aliphatic rings. The Bertz CT molecular complexity index is 811. The van der Waals surface area contributed by atoms with Crippen LogP contribution in [0.2, 0.25) is 0 Å². The first-order chi connectivity index (χ1) is 13.7. The first kappa shape index (κ1) is 22.7. The van der Waals surface area contributed by atoms with Crippen LogP contribution >= 0.6 is 0 Å². The van der Waals surface area contributed by atoms with Crippen molar-refractivity contribution in [3.63, 3.8) is 0 Å². The summed E-state index contributed by atoms with van der Waals surface area (Å²) in [4.78, 5) is 28.1. The summed E-state index contributed by atoms with van der Waals surface area (Å²) in [5.41, 5.74) is 3.04. The van der Waals surface area contributed by atoms with E-state index in [0.717, 1.165) is 29.9 Å². The summed E-state index contributed by atoms with van der Waals surface area (Å²) in [6.45, 7) is 11.4. The highest BCUT2D eigenvalue weighted by atomic mass is 16.5. The summed E-state index contributed by atoms with van der Waals surface area (Å²) in [6.07, 6.45) is 2.70. The van der Waals surface area contributed by atoms with E-state index in [-0.39, 0.29) is 18.0 Å². The molecular formula is C22H32N4O3. The van der Waals surface area contributed by atoms with Gasteiger partial charge in [-0.25, -0.2) is 0 Å². The Kier molecular flexibility index (Phi) is 8.03. The summed E-state index contributed by atoms with van der Waals surface area (Å²) < 4.78 is 7.47. The number of ether oxygens (including phenoxy) is 1. The van der Waals surface area contributed by atoms with Crippen molar-refractivity contribution >= 4 is 17.9 Å². The fourth-order valence-corrected chi connectivity index (χ4v) is 3.40. The number of amides is 2. The van der Waals surface area contributed by atoms with Crippen molar-refractivity contribution < 1.29 is 14.3 Å². The van der Waals surface area contributed by atoms with Crippen LogP contribution in [0.15, 0.2) is 11.6 Å². The predicted molar refractivity (Wildman–Crippen MR) is 112 cm³/mol. The highest BCUT2D eigenvalue weighted by Gasteiger charge is 2.22. The molecule has 0 aromatic carbocycles. The van der Waals surface area contributed by atoms with Gasteiger partial charge in [-0.3, -0.25) is 9.59 Å². The lowest BCUT2D eigenvalue weighted by atomic mass is 10.1. The van der Waals surface area contributed by atoms with E-state index in [1.807, 2.05) is 26.0 Å². The van der Waals surface area contributed by atoms with E-state index in [1.54, 1.807) is 18.0 Å². The molecule has 0 radical (unpaired) electrons. The molecule has 0 N–H and O–H groups in total. The molecule has 2 amide bonds. The third-order valence-corrected chi connectivity index (χ3v) is 5.28. The average Bonchev–Trinajstić information content (AvgIpc) is 2.97. The molecule has 1 saturated heterocycles. The summed E-state index contributed by atoms with van der Waals surface area (Å²) >= 11 is 0. The maximum absolute atomic E-state index is 12.7. The van der Waals surface area contributed by atoms with Gasteiger partial charge in [-0.05, 0) is 43.9 Å². The lowest BCUT2D eigenvalue weighted by molar-refractivity contribution is -0.140. The van der Waals surface area contributed by atoms with E-state index in [0.29, 0.717) is 32.2 Å². The second-order valence-electron chi connectivity index (χ2n) is 7.98. The minimum absolute atomic E-state index is 0.0337. The third kappa shape index (κ3) is 5.94. The highest BCUT2D eigenvalue weighted by Crippen LogP contribution is 2.20. The minimum atomic E-state index is -0.443. The molecule has 1 aromatic rings. The zero-order valence-electron chi connectivity index (χ0n) is 18.2. The van der Waals surface area contributed by atoms with Crippen molar-refractivity contribution in [3.05, 3.63) is 28.6 Å². The van der Waals surface area contributed by atoms with Gasteiger partial charge in [0.05, 0.1) is 19.8 Å². The Morgan fingerprint density at radius 3 is 2.55 bits per heavy atom. The molecule has 0 atom stereocenters. The first-order valence-electron chi connectivity index (χ1n) is 10.1. The molecule has 2 rings (SSSR count). The molecule has 7 nitrogen and oxygen atoms in total. The van der Waals surface area contributed by atoms with Crippen molar-refractivity contribution in [2.75, 3.05) is 39.9 Å². The Morgan fingerprint density at radius 2 is 1.97 bits per heavy atom. The van der Waals surface area contributed by atoms with Gasteiger partial charge < -0.3 is 19.1 Å². The van der Waals surface area contributed by atoms with Crippen LogP contribution in [0.25, 0.3) is 6.08 Å². The quantitative estimate of drug-likeness (QED) is 0.520. The molecule has 7 heteroatoms. The molecule has 0 spiro atoms. The smallest absolute Gasteiger partial charge is 0.264 e. The number of likely N-dealkylation sites (N-methyl/N-ethyl adjacent to an activating group) is 1. The first-order valence-corrected chi connectivity index (χ1v) is 10.1.